The number of benzene rings is 2. The van der Waals surface area contributed by atoms with Gasteiger partial charge in [0.2, 0.25) is 5.95 Å². The van der Waals surface area contributed by atoms with Crippen LogP contribution < -0.4 is 10.1 Å². The Balaban J connectivity index is 1.75. The molecular weight excluding hydrogens is 377 g/mol. The zero-order chi connectivity index (χ0) is 18.5. The zero-order valence-electron chi connectivity index (χ0n) is 13.9. The molecule has 1 atom stereocenters. The fraction of sp³-hybridized carbons (Fsp3) is 0.278. The molecule has 3 N–H and O–H groups in total. The van der Waals surface area contributed by atoms with Crippen molar-refractivity contribution in [2.24, 2.45) is 0 Å². The van der Waals surface area contributed by atoms with Crippen LogP contribution in [-0.4, -0.2) is 45.6 Å². The summed E-state index contributed by atoms with van der Waals surface area (Å²) in [6.07, 6.45) is -0.811. The van der Waals surface area contributed by atoms with Crippen molar-refractivity contribution in [2.45, 2.75) is 12.6 Å². The summed E-state index contributed by atoms with van der Waals surface area (Å²) in [5, 5.41) is 23.3. The molecule has 138 valence electrons. The topological polar surface area (TPSA) is 79.5 Å². The molecule has 0 aliphatic heterocycles. The molecule has 0 bridgehead atoms. The van der Waals surface area contributed by atoms with Gasteiger partial charge in [-0.25, -0.2) is 4.98 Å². The fourth-order valence-corrected chi connectivity index (χ4v) is 3.13. The quantitative estimate of drug-likeness (QED) is 0.545. The van der Waals surface area contributed by atoms with Crippen LogP contribution in [0.1, 0.15) is 0 Å². The lowest BCUT2D eigenvalue weighted by molar-refractivity contribution is 0.0939. The van der Waals surface area contributed by atoms with Crippen LogP contribution in [-0.2, 0) is 6.54 Å². The molecular formula is C18H19Cl2N3O3. The van der Waals surface area contributed by atoms with E-state index in [2.05, 4.69) is 10.3 Å². The minimum absolute atomic E-state index is 0.0140. The van der Waals surface area contributed by atoms with E-state index < -0.39 is 6.10 Å². The van der Waals surface area contributed by atoms with Crippen LogP contribution in [0, 0.1) is 0 Å². The van der Waals surface area contributed by atoms with Gasteiger partial charge in [-0.3, -0.25) is 0 Å². The second kappa shape index (κ2) is 8.60. The molecule has 26 heavy (non-hydrogen) atoms. The number of anilines is 1. The molecule has 0 amide bonds. The number of halogens is 2. The number of nitrogens with zero attached hydrogens (tertiary/aromatic N) is 2. The first-order valence-corrected chi connectivity index (χ1v) is 8.90. The maximum Gasteiger partial charge on any atom is 0.204 e. The van der Waals surface area contributed by atoms with E-state index in [0.29, 0.717) is 28.3 Å². The minimum atomic E-state index is -0.811. The SMILES string of the molecule is OCCNc1nc2ccccc2n1CC(O)COc1c(Cl)cccc1Cl. The summed E-state index contributed by atoms with van der Waals surface area (Å²) in [6.45, 7) is 0.636. The van der Waals surface area contributed by atoms with E-state index >= 15 is 0 Å². The molecule has 0 spiro atoms. The van der Waals surface area contributed by atoms with E-state index in [4.69, 9.17) is 33.0 Å². The molecule has 8 heteroatoms. The number of hydrogen-bond donors (Lipinski definition) is 3. The summed E-state index contributed by atoms with van der Waals surface area (Å²) in [7, 11) is 0. The second-order valence-electron chi connectivity index (χ2n) is 5.70. The van der Waals surface area contributed by atoms with Crippen molar-refractivity contribution in [2.75, 3.05) is 25.1 Å². The smallest absolute Gasteiger partial charge is 0.204 e. The van der Waals surface area contributed by atoms with Crippen LogP contribution in [0.25, 0.3) is 11.0 Å². The average Bonchev–Trinajstić information content (AvgIpc) is 2.97. The van der Waals surface area contributed by atoms with Gasteiger partial charge >= 0.3 is 0 Å². The molecule has 0 saturated carbocycles. The molecule has 3 aromatic rings. The lowest BCUT2D eigenvalue weighted by Gasteiger charge is -2.17. The summed E-state index contributed by atoms with van der Waals surface area (Å²) in [6, 6.07) is 12.7. The van der Waals surface area contributed by atoms with Gasteiger partial charge in [0.15, 0.2) is 5.75 Å². The van der Waals surface area contributed by atoms with Gasteiger partial charge < -0.3 is 24.8 Å². The number of rotatable bonds is 8. The molecule has 6 nitrogen and oxygen atoms in total. The normalized spacial score (nSPS) is 12.3. The van der Waals surface area contributed by atoms with Crippen LogP contribution in [0.15, 0.2) is 42.5 Å². The van der Waals surface area contributed by atoms with E-state index in [1.54, 1.807) is 18.2 Å². The van der Waals surface area contributed by atoms with E-state index in [1.807, 2.05) is 28.8 Å². The monoisotopic (exact) mass is 395 g/mol. The Hall–Kier alpha value is -1.99. The molecule has 2 aromatic carbocycles. The second-order valence-corrected chi connectivity index (χ2v) is 6.52. The summed E-state index contributed by atoms with van der Waals surface area (Å²) in [5.74, 6) is 0.930. The predicted octanol–water partition coefficient (Wildman–Crippen LogP) is 3.19. The maximum absolute atomic E-state index is 10.4. The number of aromatic nitrogens is 2. The van der Waals surface area contributed by atoms with E-state index in [-0.39, 0.29) is 19.8 Å². The highest BCUT2D eigenvalue weighted by atomic mass is 35.5. The average molecular weight is 396 g/mol. The number of imidazole rings is 1. The fourth-order valence-electron chi connectivity index (χ4n) is 2.63. The number of hydrogen-bond acceptors (Lipinski definition) is 5. The van der Waals surface area contributed by atoms with Crippen LogP contribution in [0.4, 0.5) is 5.95 Å². The zero-order valence-corrected chi connectivity index (χ0v) is 15.4. The highest BCUT2D eigenvalue weighted by molar-refractivity contribution is 6.37. The summed E-state index contributed by atoms with van der Waals surface area (Å²) in [5.41, 5.74) is 1.68. The van der Waals surface area contributed by atoms with Crippen LogP contribution >= 0.6 is 23.2 Å². The Labute approximate surface area is 160 Å². The van der Waals surface area contributed by atoms with Gasteiger partial charge in [0.25, 0.3) is 0 Å². The van der Waals surface area contributed by atoms with Crippen molar-refractivity contribution in [1.82, 2.24) is 9.55 Å². The van der Waals surface area contributed by atoms with E-state index in [0.717, 1.165) is 11.0 Å². The summed E-state index contributed by atoms with van der Waals surface area (Å²) in [4.78, 5) is 4.50. The van der Waals surface area contributed by atoms with Gasteiger partial charge in [0, 0.05) is 6.54 Å². The van der Waals surface area contributed by atoms with Gasteiger partial charge in [-0.2, -0.15) is 0 Å². The van der Waals surface area contributed by atoms with Crippen molar-refractivity contribution >= 4 is 40.2 Å². The number of para-hydroxylation sites is 3. The highest BCUT2D eigenvalue weighted by Gasteiger charge is 2.16. The third-order valence-corrected chi connectivity index (χ3v) is 4.38. The molecule has 0 aliphatic carbocycles. The Morgan fingerprint density at radius 1 is 1.12 bits per heavy atom. The highest BCUT2D eigenvalue weighted by Crippen LogP contribution is 2.32. The lowest BCUT2D eigenvalue weighted by atomic mass is 10.3. The Bertz CT molecular complexity index is 865. The van der Waals surface area contributed by atoms with E-state index in [1.165, 1.54) is 0 Å². The van der Waals surface area contributed by atoms with Gasteiger partial charge in [-0.15, -0.1) is 0 Å². The van der Waals surface area contributed by atoms with Crippen LogP contribution in [0.5, 0.6) is 5.75 Å². The van der Waals surface area contributed by atoms with Gasteiger partial charge in [0.05, 0.1) is 34.2 Å². The van der Waals surface area contributed by atoms with Crippen molar-refractivity contribution in [3.8, 4) is 5.75 Å². The first kappa shape index (κ1) is 18.8. The third-order valence-electron chi connectivity index (χ3n) is 3.78. The molecule has 0 aliphatic rings. The number of fused-ring (bicyclic) bond motifs is 1. The first-order valence-electron chi connectivity index (χ1n) is 8.15. The summed E-state index contributed by atoms with van der Waals surface area (Å²) < 4.78 is 7.46. The Kier molecular flexibility index (Phi) is 6.21. The Morgan fingerprint density at radius 2 is 1.85 bits per heavy atom. The van der Waals surface area contributed by atoms with Crippen LogP contribution in [0.3, 0.4) is 0 Å². The molecule has 1 heterocycles. The Morgan fingerprint density at radius 3 is 2.58 bits per heavy atom. The lowest BCUT2D eigenvalue weighted by Crippen LogP contribution is -2.25. The molecule has 3 rings (SSSR count). The predicted molar refractivity (Wildman–Crippen MR) is 103 cm³/mol. The molecule has 0 fully saturated rings. The van der Waals surface area contributed by atoms with Crippen molar-refractivity contribution < 1.29 is 14.9 Å². The molecule has 1 unspecified atom stereocenters. The largest absolute Gasteiger partial charge is 0.488 e. The van der Waals surface area contributed by atoms with Crippen molar-refractivity contribution in [3.05, 3.63) is 52.5 Å². The number of aliphatic hydroxyl groups is 2. The van der Waals surface area contributed by atoms with Gasteiger partial charge in [0.1, 0.15) is 12.7 Å². The number of nitrogens with one attached hydrogen (secondary N) is 1. The molecule has 1 aromatic heterocycles. The third kappa shape index (κ3) is 4.22. The van der Waals surface area contributed by atoms with Gasteiger partial charge in [-0.1, -0.05) is 41.4 Å². The molecule has 0 saturated heterocycles. The van der Waals surface area contributed by atoms with Crippen molar-refractivity contribution in [1.29, 1.82) is 0 Å². The van der Waals surface area contributed by atoms with Crippen LogP contribution in [0.2, 0.25) is 10.0 Å². The minimum Gasteiger partial charge on any atom is -0.488 e. The number of ether oxygens (including phenoxy) is 1. The first-order chi connectivity index (χ1) is 12.6. The van der Waals surface area contributed by atoms with Crippen molar-refractivity contribution in [3.63, 3.8) is 0 Å². The maximum atomic E-state index is 10.4. The van der Waals surface area contributed by atoms with Gasteiger partial charge in [-0.05, 0) is 24.3 Å². The standard InChI is InChI=1S/C18H19Cl2N3O3/c19-13-4-3-5-14(20)17(13)26-11-12(25)10-23-16-7-2-1-6-15(16)22-18(23)21-8-9-24/h1-7,12,24-25H,8-11H2,(H,21,22). The summed E-state index contributed by atoms with van der Waals surface area (Å²) >= 11 is 12.2. The number of aliphatic hydroxyl groups excluding tert-OH is 2. The molecule has 0 radical (unpaired) electrons. The van der Waals surface area contributed by atoms with E-state index in [9.17, 15) is 5.11 Å².